The molecule has 0 N–H and O–H groups in total. The van der Waals surface area contributed by atoms with Crippen molar-refractivity contribution in [3.05, 3.63) is 77.0 Å². The quantitative estimate of drug-likeness (QED) is 0.313. The molecule has 5 rings (SSSR count). The third-order valence-corrected chi connectivity index (χ3v) is 6.62. The van der Waals surface area contributed by atoms with Crippen LogP contribution in [0.25, 0.3) is 11.3 Å². The maximum atomic E-state index is 13.2. The molecule has 4 heterocycles. The number of piperidine rings is 1. The van der Waals surface area contributed by atoms with Crippen LogP contribution in [-0.2, 0) is 11.0 Å². The molecule has 1 amide bonds. The Morgan fingerprint density at radius 2 is 1.75 bits per heavy atom. The highest BCUT2D eigenvalue weighted by Crippen LogP contribution is 2.31. The lowest BCUT2D eigenvalue weighted by molar-refractivity contribution is -0.137. The summed E-state index contributed by atoms with van der Waals surface area (Å²) in [5, 5.41) is 12.8. The highest BCUT2D eigenvalue weighted by atomic mass is 19.4. The molecule has 1 aromatic carbocycles. The number of likely N-dealkylation sites (tertiary alicyclic amines) is 1. The maximum absolute atomic E-state index is 13.2. The van der Waals surface area contributed by atoms with Gasteiger partial charge in [0.15, 0.2) is 5.65 Å². The Bertz CT molecular complexity index is 1460. The number of halogens is 3. The SMILES string of the molecule is Cc1nn(-c2cccc(C(F)(F)F)c2)c(C)c1C(=O)C(=O)N1CCC(c2nnc3ccccn23)CC1. The topological polar surface area (TPSA) is 85.4 Å². The number of rotatable bonds is 4. The second-order valence-electron chi connectivity index (χ2n) is 8.89. The molecule has 186 valence electrons. The molecule has 11 heteroatoms. The molecule has 4 aromatic rings. The monoisotopic (exact) mass is 496 g/mol. The van der Waals surface area contributed by atoms with E-state index in [0.29, 0.717) is 31.6 Å². The van der Waals surface area contributed by atoms with Gasteiger partial charge in [-0.3, -0.25) is 14.0 Å². The van der Waals surface area contributed by atoms with Crippen molar-refractivity contribution in [2.45, 2.75) is 38.8 Å². The van der Waals surface area contributed by atoms with Crippen molar-refractivity contribution < 1.29 is 22.8 Å². The van der Waals surface area contributed by atoms with Gasteiger partial charge in [-0.1, -0.05) is 12.1 Å². The van der Waals surface area contributed by atoms with Gasteiger partial charge in [0.2, 0.25) is 0 Å². The molecule has 8 nitrogen and oxygen atoms in total. The van der Waals surface area contributed by atoms with E-state index >= 15 is 0 Å². The van der Waals surface area contributed by atoms with E-state index in [9.17, 15) is 22.8 Å². The number of alkyl halides is 3. The second-order valence-corrected chi connectivity index (χ2v) is 8.89. The third kappa shape index (κ3) is 4.14. The van der Waals surface area contributed by atoms with Crippen LogP contribution in [0.4, 0.5) is 13.2 Å². The van der Waals surface area contributed by atoms with E-state index in [1.165, 1.54) is 21.7 Å². The lowest BCUT2D eigenvalue weighted by atomic mass is 9.95. The first-order valence-corrected chi connectivity index (χ1v) is 11.5. The van der Waals surface area contributed by atoms with E-state index in [-0.39, 0.29) is 22.9 Å². The van der Waals surface area contributed by atoms with Crippen molar-refractivity contribution in [3.8, 4) is 5.69 Å². The first-order chi connectivity index (χ1) is 17.1. The molecule has 1 aliphatic heterocycles. The number of amides is 1. The van der Waals surface area contributed by atoms with Crippen LogP contribution in [0.15, 0.2) is 48.7 Å². The molecule has 0 radical (unpaired) electrons. The van der Waals surface area contributed by atoms with Gasteiger partial charge < -0.3 is 4.90 Å². The standard InChI is InChI=1S/C25H23F3N6O2/c1-15-21(16(2)34(31-15)19-7-5-6-18(14-19)25(26,27)28)22(35)24(36)32-12-9-17(10-13-32)23-30-29-20-8-3-4-11-33(20)23/h3-8,11,14,17H,9-10,12-13H2,1-2H3. The number of hydrogen-bond acceptors (Lipinski definition) is 5. The molecule has 0 bridgehead atoms. The number of carbonyl (C=O) groups is 2. The Kier molecular flexibility index (Phi) is 5.85. The number of hydrogen-bond donors (Lipinski definition) is 0. The van der Waals surface area contributed by atoms with Gasteiger partial charge in [-0.15, -0.1) is 10.2 Å². The zero-order valence-electron chi connectivity index (χ0n) is 19.7. The predicted molar refractivity (Wildman–Crippen MR) is 124 cm³/mol. The van der Waals surface area contributed by atoms with E-state index < -0.39 is 23.4 Å². The van der Waals surface area contributed by atoms with Crippen molar-refractivity contribution in [2.24, 2.45) is 0 Å². The summed E-state index contributed by atoms with van der Waals surface area (Å²) in [4.78, 5) is 27.8. The minimum atomic E-state index is -4.51. The summed E-state index contributed by atoms with van der Waals surface area (Å²) in [6.45, 7) is 3.91. The molecule has 36 heavy (non-hydrogen) atoms. The number of fused-ring (bicyclic) bond motifs is 1. The zero-order chi connectivity index (χ0) is 25.6. The fourth-order valence-electron chi connectivity index (χ4n) is 4.77. The molecule has 3 aromatic heterocycles. The van der Waals surface area contributed by atoms with Gasteiger partial charge >= 0.3 is 6.18 Å². The summed E-state index contributed by atoms with van der Waals surface area (Å²) in [5.74, 6) is -0.421. The predicted octanol–water partition coefficient (Wildman–Crippen LogP) is 4.14. The van der Waals surface area contributed by atoms with Gasteiger partial charge in [-0.05, 0) is 57.0 Å². The Hall–Kier alpha value is -4.02. The summed E-state index contributed by atoms with van der Waals surface area (Å²) in [7, 11) is 0. The summed E-state index contributed by atoms with van der Waals surface area (Å²) in [5.41, 5.74) is 0.814. The molecule has 1 fully saturated rings. The number of nitrogens with zero attached hydrogens (tertiary/aromatic N) is 6. The van der Waals surface area contributed by atoms with E-state index in [1.54, 1.807) is 13.8 Å². The van der Waals surface area contributed by atoms with Crippen LogP contribution in [0, 0.1) is 13.8 Å². The fraction of sp³-hybridized carbons (Fsp3) is 0.320. The van der Waals surface area contributed by atoms with Crippen LogP contribution >= 0.6 is 0 Å². The molecule has 0 aliphatic carbocycles. The van der Waals surface area contributed by atoms with E-state index in [4.69, 9.17) is 0 Å². The summed E-state index contributed by atoms with van der Waals surface area (Å²) < 4.78 is 42.7. The molecular formula is C25H23F3N6O2. The number of aryl methyl sites for hydroxylation is 1. The number of Topliss-reactive ketones (excluding diaryl/α,β-unsaturated/α-hetero) is 1. The first-order valence-electron chi connectivity index (χ1n) is 11.5. The van der Waals surface area contributed by atoms with Gasteiger partial charge in [0, 0.05) is 25.2 Å². The number of aromatic nitrogens is 5. The molecule has 0 saturated carbocycles. The zero-order valence-corrected chi connectivity index (χ0v) is 19.7. The maximum Gasteiger partial charge on any atom is 0.416 e. The normalized spacial score (nSPS) is 15.0. The minimum absolute atomic E-state index is 0.105. The molecule has 0 unspecified atom stereocenters. The Morgan fingerprint density at radius 3 is 2.47 bits per heavy atom. The highest BCUT2D eigenvalue weighted by Gasteiger charge is 2.34. The lowest BCUT2D eigenvalue weighted by Gasteiger charge is -2.30. The van der Waals surface area contributed by atoms with Crippen molar-refractivity contribution in [1.29, 1.82) is 0 Å². The number of pyridine rings is 1. The van der Waals surface area contributed by atoms with Gasteiger partial charge in [-0.25, -0.2) is 4.68 Å². The van der Waals surface area contributed by atoms with Crippen LogP contribution in [0.3, 0.4) is 0 Å². The average molecular weight is 496 g/mol. The molecular weight excluding hydrogens is 473 g/mol. The van der Waals surface area contributed by atoms with Gasteiger partial charge in [0.25, 0.3) is 11.7 Å². The van der Waals surface area contributed by atoms with Gasteiger partial charge in [0.05, 0.1) is 28.2 Å². The fourth-order valence-corrected chi connectivity index (χ4v) is 4.77. The van der Waals surface area contributed by atoms with Crippen molar-refractivity contribution in [1.82, 2.24) is 29.3 Å². The van der Waals surface area contributed by atoms with Crippen molar-refractivity contribution in [2.75, 3.05) is 13.1 Å². The lowest BCUT2D eigenvalue weighted by Crippen LogP contribution is -2.42. The van der Waals surface area contributed by atoms with Crippen LogP contribution in [0.5, 0.6) is 0 Å². The molecule has 1 saturated heterocycles. The average Bonchev–Trinajstić information content (AvgIpc) is 3.43. The summed E-state index contributed by atoms with van der Waals surface area (Å²) in [6, 6.07) is 10.4. The molecule has 0 spiro atoms. The molecule has 1 aliphatic rings. The Morgan fingerprint density at radius 1 is 1.00 bits per heavy atom. The van der Waals surface area contributed by atoms with Gasteiger partial charge in [0.1, 0.15) is 5.82 Å². The molecule has 0 atom stereocenters. The smallest absolute Gasteiger partial charge is 0.336 e. The van der Waals surface area contributed by atoms with Gasteiger partial charge in [-0.2, -0.15) is 18.3 Å². The van der Waals surface area contributed by atoms with E-state index in [0.717, 1.165) is 23.6 Å². The minimum Gasteiger partial charge on any atom is -0.336 e. The number of benzene rings is 1. The third-order valence-electron chi connectivity index (χ3n) is 6.62. The van der Waals surface area contributed by atoms with E-state index in [1.807, 2.05) is 28.8 Å². The first kappa shape index (κ1) is 23.7. The van der Waals surface area contributed by atoms with Crippen LogP contribution in [0.1, 0.15) is 51.9 Å². The van der Waals surface area contributed by atoms with Crippen LogP contribution in [-0.4, -0.2) is 54.1 Å². The number of carbonyl (C=O) groups excluding carboxylic acids is 2. The van der Waals surface area contributed by atoms with Crippen LogP contribution < -0.4 is 0 Å². The highest BCUT2D eigenvalue weighted by molar-refractivity contribution is 6.43. The Labute approximate surface area is 204 Å². The second kappa shape index (κ2) is 8.89. The largest absolute Gasteiger partial charge is 0.416 e. The summed E-state index contributed by atoms with van der Waals surface area (Å²) >= 11 is 0. The summed E-state index contributed by atoms with van der Waals surface area (Å²) in [6.07, 6.45) is -1.34. The number of ketones is 1. The van der Waals surface area contributed by atoms with Crippen molar-refractivity contribution >= 4 is 17.3 Å². The van der Waals surface area contributed by atoms with E-state index in [2.05, 4.69) is 15.3 Å². The Balaban J connectivity index is 1.33. The van der Waals surface area contributed by atoms with Crippen molar-refractivity contribution in [3.63, 3.8) is 0 Å². The van der Waals surface area contributed by atoms with Crippen LogP contribution in [0.2, 0.25) is 0 Å².